The molecule has 3 heterocycles. The van der Waals surface area contributed by atoms with Gasteiger partial charge in [0.05, 0.1) is 11.4 Å². The molecule has 2 aromatic heterocycles. The topological polar surface area (TPSA) is 71.3 Å². The van der Waals surface area contributed by atoms with Gasteiger partial charge in [-0.25, -0.2) is 4.98 Å². The fourth-order valence-electron chi connectivity index (χ4n) is 3.38. The maximum Gasteiger partial charge on any atom is 0.251 e. The molecule has 1 aliphatic heterocycles. The third kappa shape index (κ3) is 5.29. The summed E-state index contributed by atoms with van der Waals surface area (Å²) in [5.74, 6) is 2.16. The first-order valence-electron chi connectivity index (χ1n) is 10.3. The van der Waals surface area contributed by atoms with E-state index in [2.05, 4.69) is 14.6 Å². The van der Waals surface area contributed by atoms with E-state index in [9.17, 15) is 4.79 Å². The average Bonchev–Trinajstić information content (AvgIpc) is 3.18. The molecule has 1 N–H and O–H groups in total. The molecular formula is C23H26N4O2S. The van der Waals surface area contributed by atoms with Gasteiger partial charge in [0, 0.05) is 43.2 Å². The van der Waals surface area contributed by atoms with Crippen LogP contribution < -0.4 is 5.32 Å². The van der Waals surface area contributed by atoms with Crippen LogP contribution in [0.2, 0.25) is 0 Å². The van der Waals surface area contributed by atoms with Crippen LogP contribution in [0.25, 0.3) is 11.5 Å². The van der Waals surface area contributed by atoms with Crippen molar-refractivity contribution in [2.45, 2.75) is 38.5 Å². The molecule has 0 bridgehead atoms. The van der Waals surface area contributed by atoms with Crippen LogP contribution in [0.1, 0.15) is 46.6 Å². The molecule has 0 spiro atoms. The number of pyridine rings is 1. The Morgan fingerprint density at radius 3 is 2.70 bits per heavy atom. The van der Waals surface area contributed by atoms with Crippen molar-refractivity contribution in [1.29, 1.82) is 0 Å². The first kappa shape index (κ1) is 20.6. The predicted octanol–water partition coefficient (Wildman–Crippen LogP) is 4.61. The van der Waals surface area contributed by atoms with E-state index in [0.717, 1.165) is 41.4 Å². The predicted molar refractivity (Wildman–Crippen MR) is 119 cm³/mol. The number of nitrogens with zero attached hydrogens (tertiary/aromatic N) is 3. The highest BCUT2D eigenvalue weighted by molar-refractivity contribution is 7.96. The molecule has 0 atom stereocenters. The lowest BCUT2D eigenvalue weighted by atomic mass is 10.1. The van der Waals surface area contributed by atoms with E-state index in [1.807, 2.05) is 43.1 Å². The molecule has 3 aromatic rings. The molecule has 0 unspecified atom stereocenters. The summed E-state index contributed by atoms with van der Waals surface area (Å²) in [5, 5.41) is 2.91. The molecule has 156 valence electrons. The number of aryl methyl sites for hydroxylation is 1. The molecule has 6 nitrogen and oxygen atoms in total. The minimum Gasteiger partial charge on any atom is -0.441 e. The van der Waals surface area contributed by atoms with Crippen LogP contribution in [-0.4, -0.2) is 33.3 Å². The van der Waals surface area contributed by atoms with E-state index in [-0.39, 0.29) is 5.91 Å². The summed E-state index contributed by atoms with van der Waals surface area (Å²) in [6.45, 7) is 4.71. The molecule has 1 fully saturated rings. The van der Waals surface area contributed by atoms with Crippen molar-refractivity contribution in [3.8, 4) is 11.5 Å². The third-order valence-electron chi connectivity index (χ3n) is 5.16. The smallest absolute Gasteiger partial charge is 0.251 e. The van der Waals surface area contributed by atoms with Crippen LogP contribution in [-0.2, 0) is 12.3 Å². The second kappa shape index (κ2) is 9.91. The van der Waals surface area contributed by atoms with E-state index in [4.69, 9.17) is 9.40 Å². The Labute approximate surface area is 181 Å². The maximum atomic E-state index is 12.4. The summed E-state index contributed by atoms with van der Waals surface area (Å²) in [6, 6.07) is 11.2. The van der Waals surface area contributed by atoms with Crippen LogP contribution in [0, 0.1) is 6.92 Å². The number of oxazole rings is 1. The third-order valence-corrected chi connectivity index (χ3v) is 6.29. The van der Waals surface area contributed by atoms with Crippen molar-refractivity contribution < 1.29 is 9.21 Å². The highest BCUT2D eigenvalue weighted by atomic mass is 32.2. The van der Waals surface area contributed by atoms with Crippen molar-refractivity contribution in [3.63, 3.8) is 0 Å². The Morgan fingerprint density at radius 1 is 1.17 bits per heavy atom. The average molecular weight is 423 g/mol. The number of carbonyl (C=O) groups excluding carboxylic acids is 1. The summed E-state index contributed by atoms with van der Waals surface area (Å²) >= 11 is 1.84. The van der Waals surface area contributed by atoms with Gasteiger partial charge in [0.15, 0.2) is 0 Å². The van der Waals surface area contributed by atoms with Crippen LogP contribution in [0.5, 0.6) is 0 Å². The zero-order chi connectivity index (χ0) is 20.8. The quantitative estimate of drug-likeness (QED) is 0.561. The van der Waals surface area contributed by atoms with Gasteiger partial charge < -0.3 is 9.73 Å². The van der Waals surface area contributed by atoms with E-state index in [1.165, 1.54) is 19.3 Å². The molecule has 1 amide bonds. The second-order valence-electron chi connectivity index (χ2n) is 7.41. The van der Waals surface area contributed by atoms with Crippen LogP contribution in [0.4, 0.5) is 0 Å². The standard InChI is InChI=1S/C23H26N4O2S/c1-17-21(16-30-27-12-3-2-4-13-27)26-23(29-17)20-9-7-19(8-10-20)22(28)25-15-18-6-5-11-24-14-18/h5-11,14H,2-4,12-13,15-16H2,1H3,(H,25,28). The van der Waals surface area contributed by atoms with Crippen molar-refractivity contribution in [1.82, 2.24) is 19.6 Å². The first-order valence-corrected chi connectivity index (χ1v) is 11.2. The number of benzene rings is 1. The molecule has 7 heteroatoms. The van der Waals surface area contributed by atoms with Gasteiger partial charge in [-0.3, -0.25) is 14.1 Å². The lowest BCUT2D eigenvalue weighted by Crippen LogP contribution is -2.23. The minimum atomic E-state index is -0.118. The van der Waals surface area contributed by atoms with Gasteiger partial charge in [0.1, 0.15) is 5.76 Å². The summed E-state index contributed by atoms with van der Waals surface area (Å²) in [4.78, 5) is 21.1. The SMILES string of the molecule is Cc1oc(-c2ccc(C(=O)NCc3cccnc3)cc2)nc1CSN1CCCCC1. The fourth-order valence-corrected chi connectivity index (χ4v) is 4.47. The molecule has 0 radical (unpaired) electrons. The summed E-state index contributed by atoms with van der Waals surface area (Å²) in [7, 11) is 0. The Balaban J connectivity index is 1.35. The number of amides is 1. The molecule has 1 aromatic carbocycles. The van der Waals surface area contributed by atoms with E-state index < -0.39 is 0 Å². The number of aromatic nitrogens is 2. The molecule has 0 aliphatic carbocycles. The van der Waals surface area contributed by atoms with Crippen molar-refractivity contribution in [3.05, 3.63) is 71.4 Å². The zero-order valence-corrected chi connectivity index (χ0v) is 18.0. The molecule has 1 aliphatic rings. The van der Waals surface area contributed by atoms with Crippen LogP contribution in [0.3, 0.4) is 0 Å². The van der Waals surface area contributed by atoms with Gasteiger partial charge in [-0.1, -0.05) is 24.4 Å². The second-order valence-corrected chi connectivity index (χ2v) is 8.47. The Kier molecular flexibility index (Phi) is 6.81. The van der Waals surface area contributed by atoms with Crippen molar-refractivity contribution in [2.24, 2.45) is 0 Å². The summed E-state index contributed by atoms with van der Waals surface area (Å²) < 4.78 is 8.32. The van der Waals surface area contributed by atoms with Gasteiger partial charge in [0.25, 0.3) is 5.91 Å². The highest BCUT2D eigenvalue weighted by Gasteiger charge is 2.16. The summed E-state index contributed by atoms with van der Waals surface area (Å²) in [5.41, 5.74) is 3.43. The highest BCUT2D eigenvalue weighted by Crippen LogP contribution is 2.27. The summed E-state index contributed by atoms with van der Waals surface area (Å²) in [6.07, 6.45) is 7.35. The Morgan fingerprint density at radius 2 is 1.97 bits per heavy atom. The molecule has 4 rings (SSSR count). The van der Waals surface area contributed by atoms with Gasteiger partial charge in [-0.2, -0.15) is 0 Å². The first-order chi connectivity index (χ1) is 14.7. The van der Waals surface area contributed by atoms with E-state index in [0.29, 0.717) is 18.0 Å². The fraction of sp³-hybridized carbons (Fsp3) is 0.348. The lowest BCUT2D eigenvalue weighted by molar-refractivity contribution is 0.0951. The van der Waals surface area contributed by atoms with Gasteiger partial charge in [0.2, 0.25) is 5.89 Å². The monoisotopic (exact) mass is 422 g/mol. The molecule has 1 saturated heterocycles. The minimum absolute atomic E-state index is 0.118. The van der Waals surface area contributed by atoms with E-state index >= 15 is 0 Å². The number of hydrogen-bond donors (Lipinski definition) is 1. The number of piperidine rings is 1. The van der Waals surface area contributed by atoms with Crippen molar-refractivity contribution >= 4 is 17.9 Å². The van der Waals surface area contributed by atoms with Crippen LogP contribution in [0.15, 0.2) is 53.2 Å². The molecule has 30 heavy (non-hydrogen) atoms. The number of nitrogens with one attached hydrogen (secondary N) is 1. The number of hydrogen-bond acceptors (Lipinski definition) is 6. The lowest BCUT2D eigenvalue weighted by Gasteiger charge is -2.24. The van der Waals surface area contributed by atoms with Crippen LogP contribution >= 0.6 is 11.9 Å². The Hall–Kier alpha value is -2.64. The normalized spacial score (nSPS) is 14.6. The Bertz CT molecular complexity index is 967. The maximum absolute atomic E-state index is 12.4. The number of carbonyl (C=O) groups is 1. The van der Waals surface area contributed by atoms with Gasteiger partial charge in [-0.05, 0) is 55.7 Å². The molecular weight excluding hydrogens is 396 g/mol. The van der Waals surface area contributed by atoms with Crippen molar-refractivity contribution in [2.75, 3.05) is 13.1 Å². The van der Waals surface area contributed by atoms with Gasteiger partial charge in [-0.15, -0.1) is 0 Å². The van der Waals surface area contributed by atoms with E-state index in [1.54, 1.807) is 24.5 Å². The zero-order valence-electron chi connectivity index (χ0n) is 17.1. The molecule has 0 saturated carbocycles. The van der Waals surface area contributed by atoms with Gasteiger partial charge >= 0.3 is 0 Å². The number of rotatable bonds is 7. The largest absolute Gasteiger partial charge is 0.441 e.